The van der Waals surface area contributed by atoms with Gasteiger partial charge in [0.25, 0.3) is 5.91 Å². The molecular formula is C13H15N3O2S. The van der Waals surface area contributed by atoms with Gasteiger partial charge in [0.1, 0.15) is 12.4 Å². The van der Waals surface area contributed by atoms with E-state index in [0.29, 0.717) is 11.6 Å². The van der Waals surface area contributed by atoms with Crippen molar-refractivity contribution in [1.29, 1.82) is 0 Å². The largest absolute Gasteiger partial charge is 0.487 e. The number of aryl methyl sites for hydroxylation is 1. The maximum Gasteiger partial charge on any atom is 0.294 e. The Morgan fingerprint density at radius 2 is 2.26 bits per heavy atom. The van der Waals surface area contributed by atoms with Crippen LogP contribution in [0.4, 0.5) is 0 Å². The fourth-order valence-electron chi connectivity index (χ4n) is 1.63. The molecular weight excluding hydrogens is 262 g/mol. The van der Waals surface area contributed by atoms with Gasteiger partial charge in [-0.2, -0.15) is 0 Å². The molecule has 0 radical (unpaired) electrons. The van der Waals surface area contributed by atoms with Crippen molar-refractivity contribution in [3.8, 4) is 5.75 Å². The summed E-state index contributed by atoms with van der Waals surface area (Å²) in [4.78, 5) is 15.4. The minimum absolute atomic E-state index is 0.338. The third-order valence-electron chi connectivity index (χ3n) is 2.61. The summed E-state index contributed by atoms with van der Waals surface area (Å²) in [5, 5.41) is 2.13. The Bertz CT molecular complexity index is 569. The highest BCUT2D eigenvalue weighted by Gasteiger charge is 2.10. The van der Waals surface area contributed by atoms with Crippen molar-refractivity contribution in [3.05, 3.63) is 45.9 Å². The number of carbonyl (C=O) groups excluding carboxylic acids is 1. The first kappa shape index (κ1) is 13.5. The van der Waals surface area contributed by atoms with Crippen molar-refractivity contribution in [3.63, 3.8) is 0 Å². The Hall–Kier alpha value is -1.92. The van der Waals surface area contributed by atoms with E-state index in [2.05, 4.69) is 17.3 Å². The van der Waals surface area contributed by atoms with Crippen LogP contribution in [0.25, 0.3) is 0 Å². The standard InChI is InChI=1S/C13H15N3O2S/c1-2-9-5-3-4-6-11(9)18-7-10-8-19-13(15-10)12(17)16-14/h3-6,8H,2,7,14H2,1H3,(H,16,17). The van der Waals surface area contributed by atoms with E-state index in [9.17, 15) is 4.79 Å². The van der Waals surface area contributed by atoms with Crippen LogP contribution in [0.5, 0.6) is 5.75 Å². The third-order valence-corrected chi connectivity index (χ3v) is 3.50. The second kappa shape index (κ2) is 6.31. The number of carbonyl (C=O) groups is 1. The van der Waals surface area contributed by atoms with Crippen LogP contribution in [0.15, 0.2) is 29.6 Å². The number of nitrogens with one attached hydrogen (secondary N) is 1. The lowest BCUT2D eigenvalue weighted by molar-refractivity contribution is 0.0953. The number of hydrazine groups is 1. The minimum atomic E-state index is -0.384. The minimum Gasteiger partial charge on any atom is -0.487 e. The number of nitrogens with two attached hydrogens (primary N) is 1. The van der Waals surface area contributed by atoms with Gasteiger partial charge in [-0.25, -0.2) is 10.8 Å². The fourth-order valence-corrected chi connectivity index (χ4v) is 2.33. The smallest absolute Gasteiger partial charge is 0.294 e. The number of rotatable bonds is 5. The normalized spacial score (nSPS) is 10.2. The van der Waals surface area contributed by atoms with Crippen LogP contribution >= 0.6 is 11.3 Å². The number of amides is 1. The maximum atomic E-state index is 11.3. The second-order valence-corrected chi connectivity index (χ2v) is 4.73. The Kier molecular flexibility index (Phi) is 4.48. The average Bonchev–Trinajstić information content (AvgIpc) is 2.93. The van der Waals surface area contributed by atoms with E-state index in [0.717, 1.165) is 23.4 Å². The van der Waals surface area contributed by atoms with Gasteiger partial charge in [-0.05, 0) is 18.1 Å². The highest BCUT2D eigenvalue weighted by atomic mass is 32.1. The molecule has 100 valence electrons. The lowest BCUT2D eigenvalue weighted by atomic mass is 10.1. The number of benzene rings is 1. The molecule has 0 bridgehead atoms. The van der Waals surface area contributed by atoms with Gasteiger partial charge in [0.05, 0.1) is 5.69 Å². The second-order valence-electron chi connectivity index (χ2n) is 3.87. The molecule has 3 N–H and O–H groups in total. The lowest BCUT2D eigenvalue weighted by Crippen LogP contribution is -2.29. The molecule has 1 heterocycles. The predicted octanol–water partition coefficient (Wildman–Crippen LogP) is 1.89. The number of hydrogen-bond acceptors (Lipinski definition) is 5. The van der Waals surface area contributed by atoms with Crippen LogP contribution in [0.3, 0.4) is 0 Å². The molecule has 0 saturated carbocycles. The molecule has 1 amide bonds. The van der Waals surface area contributed by atoms with Gasteiger partial charge in [-0.15, -0.1) is 11.3 Å². The number of para-hydroxylation sites is 1. The zero-order valence-electron chi connectivity index (χ0n) is 10.6. The highest BCUT2D eigenvalue weighted by molar-refractivity contribution is 7.11. The number of thiazole rings is 1. The molecule has 0 spiro atoms. The van der Waals surface area contributed by atoms with Gasteiger partial charge >= 0.3 is 0 Å². The van der Waals surface area contributed by atoms with Crippen molar-refractivity contribution in [2.45, 2.75) is 20.0 Å². The zero-order valence-corrected chi connectivity index (χ0v) is 11.4. The van der Waals surface area contributed by atoms with Crippen molar-refractivity contribution in [1.82, 2.24) is 10.4 Å². The van der Waals surface area contributed by atoms with Crippen LogP contribution in [0.1, 0.15) is 28.0 Å². The highest BCUT2D eigenvalue weighted by Crippen LogP contribution is 2.20. The van der Waals surface area contributed by atoms with Gasteiger partial charge in [0.2, 0.25) is 0 Å². The van der Waals surface area contributed by atoms with Crippen molar-refractivity contribution >= 4 is 17.2 Å². The first-order valence-corrected chi connectivity index (χ1v) is 6.78. The van der Waals surface area contributed by atoms with Crippen molar-refractivity contribution < 1.29 is 9.53 Å². The molecule has 0 saturated heterocycles. The monoisotopic (exact) mass is 277 g/mol. The summed E-state index contributed by atoms with van der Waals surface area (Å²) < 4.78 is 5.72. The molecule has 1 aromatic heterocycles. The van der Waals surface area contributed by atoms with E-state index < -0.39 is 0 Å². The number of nitrogens with zero attached hydrogens (tertiary/aromatic N) is 1. The Morgan fingerprint density at radius 1 is 1.47 bits per heavy atom. The molecule has 0 aliphatic carbocycles. The first-order chi connectivity index (χ1) is 9.24. The molecule has 2 aromatic rings. The van der Waals surface area contributed by atoms with Crippen molar-refractivity contribution in [2.75, 3.05) is 0 Å². The summed E-state index contributed by atoms with van der Waals surface area (Å²) in [5.74, 6) is 5.52. The quantitative estimate of drug-likeness (QED) is 0.497. The van der Waals surface area contributed by atoms with Crippen LogP contribution in [-0.4, -0.2) is 10.9 Å². The molecule has 5 nitrogen and oxygen atoms in total. The number of aromatic nitrogens is 1. The van der Waals surface area contributed by atoms with Crippen LogP contribution in [-0.2, 0) is 13.0 Å². The molecule has 19 heavy (non-hydrogen) atoms. The number of nitrogen functional groups attached to an aromatic ring is 1. The summed E-state index contributed by atoms with van der Waals surface area (Å²) in [7, 11) is 0. The van der Waals surface area contributed by atoms with Crippen LogP contribution in [0.2, 0.25) is 0 Å². The third kappa shape index (κ3) is 3.30. The van der Waals surface area contributed by atoms with E-state index in [-0.39, 0.29) is 5.91 Å². The van der Waals surface area contributed by atoms with E-state index >= 15 is 0 Å². The molecule has 6 heteroatoms. The van der Waals surface area contributed by atoms with Crippen LogP contribution in [0, 0.1) is 0 Å². The molecule has 0 fully saturated rings. The molecule has 1 aromatic carbocycles. The maximum absolute atomic E-state index is 11.3. The zero-order chi connectivity index (χ0) is 13.7. The van der Waals surface area contributed by atoms with E-state index in [4.69, 9.17) is 10.6 Å². The molecule has 0 unspecified atom stereocenters. The number of ether oxygens (including phenoxy) is 1. The molecule has 0 atom stereocenters. The summed E-state index contributed by atoms with van der Waals surface area (Å²) >= 11 is 1.24. The average molecular weight is 277 g/mol. The Balaban J connectivity index is 2.02. The van der Waals surface area contributed by atoms with E-state index in [1.165, 1.54) is 11.3 Å². The van der Waals surface area contributed by atoms with Gasteiger partial charge in [-0.3, -0.25) is 10.2 Å². The summed E-state index contributed by atoms with van der Waals surface area (Å²) in [6.45, 7) is 2.42. The summed E-state index contributed by atoms with van der Waals surface area (Å²) in [5.41, 5.74) is 3.92. The van der Waals surface area contributed by atoms with E-state index in [1.54, 1.807) is 5.38 Å². The number of hydrogen-bond donors (Lipinski definition) is 2. The fraction of sp³-hybridized carbons (Fsp3) is 0.231. The molecule has 0 aliphatic heterocycles. The van der Waals surface area contributed by atoms with Crippen LogP contribution < -0.4 is 16.0 Å². The summed E-state index contributed by atoms with van der Waals surface area (Å²) in [6, 6.07) is 7.88. The van der Waals surface area contributed by atoms with Gasteiger partial charge in [0, 0.05) is 5.38 Å². The molecule has 2 rings (SSSR count). The lowest BCUT2D eigenvalue weighted by Gasteiger charge is -2.08. The Morgan fingerprint density at radius 3 is 3.00 bits per heavy atom. The summed E-state index contributed by atoms with van der Waals surface area (Å²) in [6.07, 6.45) is 0.911. The van der Waals surface area contributed by atoms with Crippen molar-refractivity contribution in [2.24, 2.45) is 5.84 Å². The van der Waals surface area contributed by atoms with Gasteiger partial charge < -0.3 is 4.74 Å². The van der Waals surface area contributed by atoms with Gasteiger partial charge in [-0.1, -0.05) is 25.1 Å². The first-order valence-electron chi connectivity index (χ1n) is 5.90. The van der Waals surface area contributed by atoms with E-state index in [1.807, 2.05) is 24.3 Å². The predicted molar refractivity (Wildman–Crippen MR) is 73.9 cm³/mol. The molecule has 0 aliphatic rings. The SMILES string of the molecule is CCc1ccccc1OCc1csc(C(=O)NN)n1. The Labute approximate surface area is 115 Å². The van der Waals surface area contributed by atoms with Gasteiger partial charge in [0.15, 0.2) is 5.01 Å². The topological polar surface area (TPSA) is 77.2 Å².